The van der Waals surface area contributed by atoms with Crippen molar-refractivity contribution in [1.29, 1.82) is 0 Å². The lowest BCUT2D eigenvalue weighted by molar-refractivity contribution is -0.0649. The highest BCUT2D eigenvalue weighted by molar-refractivity contribution is 7.98. The molecular formula is C11H16N2O6S. The van der Waals surface area contributed by atoms with Gasteiger partial charge in [-0.2, -0.15) is 0 Å². The lowest BCUT2D eigenvalue weighted by Gasteiger charge is -2.21. The summed E-state index contributed by atoms with van der Waals surface area (Å²) >= 11 is 1.41. The lowest BCUT2D eigenvalue weighted by atomic mass is 10.1. The van der Waals surface area contributed by atoms with Crippen molar-refractivity contribution in [3.63, 3.8) is 0 Å². The minimum Gasteiger partial charge on any atom is -0.394 e. The standard InChI is InChI=1S/C11H16N2O6S/c1-20-5-18-9-8(16)6(4-14)19-10(9)13-3-2-7(15)12-11(13)17/h2-3,6,8-10,14,16H,4-5H2,1H3,(H,12,15,17)/t6-,8-,9-,10-/m1/s1. The highest BCUT2D eigenvalue weighted by Gasteiger charge is 2.45. The molecule has 0 aromatic carbocycles. The van der Waals surface area contributed by atoms with Crippen LogP contribution in [0.4, 0.5) is 0 Å². The van der Waals surface area contributed by atoms with Crippen LogP contribution >= 0.6 is 11.8 Å². The van der Waals surface area contributed by atoms with E-state index in [1.54, 1.807) is 0 Å². The zero-order valence-corrected chi connectivity index (χ0v) is 11.6. The Balaban J connectivity index is 2.31. The first-order valence-electron chi connectivity index (χ1n) is 5.95. The van der Waals surface area contributed by atoms with Gasteiger partial charge in [0.15, 0.2) is 6.23 Å². The molecule has 2 rings (SSSR count). The minimum atomic E-state index is -1.06. The summed E-state index contributed by atoms with van der Waals surface area (Å²) in [7, 11) is 0. The maximum Gasteiger partial charge on any atom is 0.330 e. The Hall–Kier alpha value is -1.13. The Kier molecular flexibility index (Phi) is 5.00. The quantitative estimate of drug-likeness (QED) is 0.567. The molecule has 1 saturated heterocycles. The Morgan fingerprint density at radius 1 is 1.55 bits per heavy atom. The van der Waals surface area contributed by atoms with Gasteiger partial charge in [0.1, 0.15) is 18.3 Å². The first kappa shape index (κ1) is 15.3. The van der Waals surface area contributed by atoms with Crippen LogP contribution in [0.1, 0.15) is 6.23 Å². The van der Waals surface area contributed by atoms with Crippen molar-refractivity contribution in [2.45, 2.75) is 24.5 Å². The molecule has 0 bridgehead atoms. The zero-order valence-electron chi connectivity index (χ0n) is 10.8. The predicted molar refractivity (Wildman–Crippen MR) is 71.6 cm³/mol. The molecule has 3 N–H and O–H groups in total. The van der Waals surface area contributed by atoms with Gasteiger partial charge in [-0.05, 0) is 6.26 Å². The second kappa shape index (κ2) is 6.55. The molecule has 1 aliphatic rings. The van der Waals surface area contributed by atoms with Crippen LogP contribution in [0.15, 0.2) is 21.9 Å². The normalized spacial score (nSPS) is 29.8. The molecule has 0 spiro atoms. The molecule has 20 heavy (non-hydrogen) atoms. The largest absolute Gasteiger partial charge is 0.394 e. The molecule has 0 amide bonds. The van der Waals surface area contributed by atoms with Gasteiger partial charge in [-0.3, -0.25) is 14.3 Å². The van der Waals surface area contributed by atoms with Crippen molar-refractivity contribution in [3.05, 3.63) is 33.1 Å². The Morgan fingerprint density at radius 2 is 2.30 bits per heavy atom. The summed E-state index contributed by atoms with van der Waals surface area (Å²) in [6, 6.07) is 1.18. The topological polar surface area (TPSA) is 114 Å². The Bertz CT molecular complexity index is 558. The summed E-state index contributed by atoms with van der Waals surface area (Å²) in [6.45, 7) is -0.394. The Labute approximate surface area is 118 Å². The van der Waals surface area contributed by atoms with Gasteiger partial charge in [-0.15, -0.1) is 11.8 Å². The van der Waals surface area contributed by atoms with Crippen molar-refractivity contribution in [3.8, 4) is 0 Å². The maximum absolute atomic E-state index is 11.8. The van der Waals surface area contributed by atoms with Crippen LogP contribution in [-0.2, 0) is 9.47 Å². The van der Waals surface area contributed by atoms with Gasteiger partial charge in [0.25, 0.3) is 5.56 Å². The van der Waals surface area contributed by atoms with E-state index >= 15 is 0 Å². The van der Waals surface area contributed by atoms with Crippen LogP contribution < -0.4 is 11.2 Å². The molecule has 112 valence electrons. The molecule has 0 aliphatic carbocycles. The molecule has 0 saturated carbocycles. The van der Waals surface area contributed by atoms with Gasteiger partial charge in [0, 0.05) is 12.3 Å². The van der Waals surface area contributed by atoms with Crippen LogP contribution in [0.2, 0.25) is 0 Å². The number of H-pyrrole nitrogens is 1. The molecule has 8 nitrogen and oxygen atoms in total. The van der Waals surface area contributed by atoms with E-state index in [-0.39, 0.29) is 0 Å². The van der Waals surface area contributed by atoms with E-state index in [4.69, 9.17) is 14.6 Å². The van der Waals surface area contributed by atoms with Crippen LogP contribution in [0, 0.1) is 0 Å². The predicted octanol–water partition coefficient (Wildman–Crippen LogP) is -1.51. The third-order valence-corrected chi connectivity index (χ3v) is 3.37. The van der Waals surface area contributed by atoms with E-state index in [1.807, 2.05) is 6.26 Å². The highest BCUT2D eigenvalue weighted by atomic mass is 32.2. The smallest absolute Gasteiger partial charge is 0.330 e. The van der Waals surface area contributed by atoms with E-state index < -0.39 is 42.4 Å². The van der Waals surface area contributed by atoms with E-state index in [1.165, 1.54) is 24.0 Å². The number of ether oxygens (including phenoxy) is 2. The first-order chi connectivity index (χ1) is 9.58. The molecule has 1 aromatic heterocycles. The van der Waals surface area contributed by atoms with E-state index in [0.717, 1.165) is 4.57 Å². The molecule has 0 radical (unpaired) electrons. The molecule has 1 aromatic rings. The third-order valence-electron chi connectivity index (χ3n) is 3.00. The number of aromatic amines is 1. The van der Waals surface area contributed by atoms with Crippen molar-refractivity contribution in [2.24, 2.45) is 0 Å². The molecule has 1 aliphatic heterocycles. The summed E-state index contributed by atoms with van der Waals surface area (Å²) in [5, 5.41) is 19.2. The number of thioether (sulfide) groups is 1. The lowest BCUT2D eigenvalue weighted by Crippen LogP contribution is -2.39. The summed E-state index contributed by atoms with van der Waals surface area (Å²) in [5.74, 6) is 0.303. The number of aliphatic hydroxyl groups excluding tert-OH is 2. The fourth-order valence-corrected chi connectivity index (χ4v) is 2.34. The number of aliphatic hydroxyl groups is 2. The monoisotopic (exact) mass is 304 g/mol. The van der Waals surface area contributed by atoms with Crippen molar-refractivity contribution >= 4 is 11.8 Å². The first-order valence-corrected chi connectivity index (χ1v) is 7.34. The Morgan fingerprint density at radius 3 is 2.90 bits per heavy atom. The van der Waals surface area contributed by atoms with Crippen molar-refractivity contribution in [1.82, 2.24) is 9.55 Å². The number of aromatic nitrogens is 2. The maximum atomic E-state index is 11.8. The number of nitrogens with zero attached hydrogens (tertiary/aromatic N) is 1. The SMILES string of the molecule is CSCO[C@@H]1[C@H](O)[C@@H](CO)O[C@H]1n1ccc(=O)[nH]c1=O. The average molecular weight is 304 g/mol. The number of rotatable bonds is 5. The van der Waals surface area contributed by atoms with Gasteiger partial charge in [0.2, 0.25) is 0 Å². The second-order valence-corrected chi connectivity index (χ2v) is 5.11. The molecule has 9 heteroatoms. The van der Waals surface area contributed by atoms with Gasteiger partial charge in [-0.25, -0.2) is 4.79 Å². The highest BCUT2D eigenvalue weighted by Crippen LogP contribution is 2.30. The van der Waals surface area contributed by atoms with Crippen molar-refractivity contribution < 1.29 is 19.7 Å². The molecule has 1 fully saturated rings. The van der Waals surface area contributed by atoms with Gasteiger partial charge in [-0.1, -0.05) is 0 Å². The van der Waals surface area contributed by atoms with Gasteiger partial charge < -0.3 is 19.7 Å². The van der Waals surface area contributed by atoms with E-state index in [2.05, 4.69) is 4.98 Å². The number of hydrogen-bond acceptors (Lipinski definition) is 7. The van der Waals surface area contributed by atoms with Gasteiger partial charge >= 0.3 is 5.69 Å². The van der Waals surface area contributed by atoms with Gasteiger partial charge in [0.05, 0.1) is 12.5 Å². The molecule has 4 atom stereocenters. The third kappa shape index (κ3) is 2.96. The number of nitrogens with one attached hydrogen (secondary N) is 1. The summed E-state index contributed by atoms with van der Waals surface area (Å²) < 4.78 is 12.1. The second-order valence-electron chi connectivity index (χ2n) is 4.29. The summed E-state index contributed by atoms with van der Waals surface area (Å²) in [5.41, 5.74) is -1.18. The van der Waals surface area contributed by atoms with Crippen LogP contribution in [0.3, 0.4) is 0 Å². The summed E-state index contributed by atoms with van der Waals surface area (Å²) in [4.78, 5) is 24.9. The fourth-order valence-electron chi connectivity index (χ4n) is 2.05. The summed E-state index contributed by atoms with van der Waals surface area (Å²) in [6.07, 6.45) is -0.510. The number of hydrogen-bond donors (Lipinski definition) is 3. The van der Waals surface area contributed by atoms with Crippen LogP contribution in [0.5, 0.6) is 0 Å². The van der Waals surface area contributed by atoms with E-state index in [9.17, 15) is 14.7 Å². The molecular weight excluding hydrogens is 288 g/mol. The zero-order chi connectivity index (χ0) is 14.7. The molecule has 2 heterocycles. The van der Waals surface area contributed by atoms with Crippen molar-refractivity contribution in [2.75, 3.05) is 18.8 Å². The fraction of sp³-hybridized carbons (Fsp3) is 0.636. The molecule has 0 unspecified atom stereocenters. The van der Waals surface area contributed by atoms with Crippen LogP contribution in [0.25, 0.3) is 0 Å². The average Bonchev–Trinajstić information content (AvgIpc) is 2.73. The van der Waals surface area contributed by atoms with E-state index in [0.29, 0.717) is 5.94 Å². The van der Waals surface area contributed by atoms with Crippen LogP contribution in [-0.4, -0.2) is 56.9 Å². The minimum absolute atomic E-state index is 0.303.